The fraction of sp³-hybridized carbons (Fsp3) is 1.00. The van der Waals surface area contributed by atoms with E-state index >= 15 is 0 Å². The first-order valence-corrected chi connectivity index (χ1v) is 5.79. The van der Waals surface area contributed by atoms with Crippen molar-refractivity contribution in [2.75, 3.05) is 6.54 Å². The normalized spacial score (nSPS) is 34.9. The largest absolute Gasteiger partial charge is 0.391 e. The molecule has 0 bridgehead atoms. The SMILES string of the molecule is Cl.OC1CCCNC1C1CCCCC1. The number of rotatable bonds is 1. The molecule has 0 aromatic carbocycles. The Labute approximate surface area is 92.9 Å². The predicted molar refractivity (Wildman–Crippen MR) is 60.9 cm³/mol. The predicted octanol–water partition coefficient (Wildman–Crippen LogP) is 2.10. The van der Waals surface area contributed by atoms with Crippen LogP contribution >= 0.6 is 12.4 Å². The quantitative estimate of drug-likeness (QED) is 0.708. The van der Waals surface area contributed by atoms with Crippen molar-refractivity contribution in [1.82, 2.24) is 5.32 Å². The van der Waals surface area contributed by atoms with Gasteiger partial charge in [0.25, 0.3) is 0 Å². The Hall–Kier alpha value is 0.210. The summed E-state index contributed by atoms with van der Waals surface area (Å²) in [5.41, 5.74) is 0. The van der Waals surface area contributed by atoms with Crippen LogP contribution in [0.5, 0.6) is 0 Å². The fourth-order valence-corrected chi connectivity index (χ4v) is 2.87. The van der Waals surface area contributed by atoms with Crippen molar-refractivity contribution >= 4 is 12.4 Å². The van der Waals surface area contributed by atoms with Gasteiger partial charge in [-0.15, -0.1) is 12.4 Å². The Morgan fingerprint density at radius 3 is 2.29 bits per heavy atom. The summed E-state index contributed by atoms with van der Waals surface area (Å²) in [7, 11) is 0. The van der Waals surface area contributed by atoms with E-state index in [0.29, 0.717) is 6.04 Å². The number of nitrogens with one attached hydrogen (secondary N) is 1. The number of aliphatic hydroxyl groups excluding tert-OH is 1. The topological polar surface area (TPSA) is 32.3 Å². The first-order valence-electron chi connectivity index (χ1n) is 5.79. The third-order valence-electron chi connectivity index (χ3n) is 3.63. The molecule has 2 N–H and O–H groups in total. The van der Waals surface area contributed by atoms with E-state index in [0.717, 1.165) is 25.3 Å². The van der Waals surface area contributed by atoms with Gasteiger partial charge >= 0.3 is 0 Å². The second-order valence-electron chi connectivity index (χ2n) is 4.59. The molecule has 0 radical (unpaired) electrons. The van der Waals surface area contributed by atoms with Gasteiger partial charge in [0.1, 0.15) is 0 Å². The minimum absolute atomic E-state index is 0. The molecule has 2 rings (SSSR count). The molecule has 84 valence electrons. The van der Waals surface area contributed by atoms with Crippen LogP contribution in [-0.4, -0.2) is 23.8 Å². The number of halogens is 1. The summed E-state index contributed by atoms with van der Waals surface area (Å²) in [6.45, 7) is 1.11. The molecule has 0 aromatic heterocycles. The summed E-state index contributed by atoms with van der Waals surface area (Å²) in [6.07, 6.45) is 8.88. The Morgan fingerprint density at radius 2 is 1.64 bits per heavy atom. The first-order chi connectivity index (χ1) is 6.38. The third kappa shape index (κ3) is 2.85. The number of hydrogen-bond acceptors (Lipinski definition) is 2. The van der Waals surface area contributed by atoms with Gasteiger partial charge in [-0.3, -0.25) is 0 Å². The van der Waals surface area contributed by atoms with Gasteiger partial charge in [0, 0.05) is 6.04 Å². The summed E-state index contributed by atoms with van der Waals surface area (Å²) in [5, 5.41) is 13.3. The van der Waals surface area contributed by atoms with Crippen molar-refractivity contribution in [2.24, 2.45) is 5.92 Å². The maximum Gasteiger partial charge on any atom is 0.0696 e. The van der Waals surface area contributed by atoms with Crippen molar-refractivity contribution in [3.05, 3.63) is 0 Å². The second kappa shape index (κ2) is 5.94. The molecule has 2 aliphatic rings. The van der Waals surface area contributed by atoms with Crippen LogP contribution in [0.2, 0.25) is 0 Å². The molecule has 1 heterocycles. The van der Waals surface area contributed by atoms with Crippen LogP contribution in [0, 0.1) is 5.92 Å². The van der Waals surface area contributed by atoms with E-state index in [1.807, 2.05) is 0 Å². The maximum absolute atomic E-state index is 9.86. The van der Waals surface area contributed by atoms with Crippen molar-refractivity contribution < 1.29 is 5.11 Å². The number of hydrogen-bond donors (Lipinski definition) is 2. The lowest BCUT2D eigenvalue weighted by Crippen LogP contribution is -2.49. The van der Waals surface area contributed by atoms with Crippen LogP contribution < -0.4 is 5.32 Å². The molecule has 1 aliphatic carbocycles. The third-order valence-corrected chi connectivity index (χ3v) is 3.63. The van der Waals surface area contributed by atoms with Crippen LogP contribution in [-0.2, 0) is 0 Å². The van der Waals surface area contributed by atoms with E-state index in [4.69, 9.17) is 0 Å². The molecule has 1 aliphatic heterocycles. The van der Waals surface area contributed by atoms with E-state index in [-0.39, 0.29) is 18.5 Å². The zero-order valence-electron chi connectivity index (χ0n) is 8.74. The lowest BCUT2D eigenvalue weighted by molar-refractivity contribution is 0.0573. The first kappa shape index (κ1) is 12.3. The highest BCUT2D eigenvalue weighted by Gasteiger charge is 2.30. The molecular weight excluding hydrogens is 198 g/mol. The number of aliphatic hydroxyl groups is 1. The van der Waals surface area contributed by atoms with Crippen LogP contribution in [0.4, 0.5) is 0 Å². The summed E-state index contributed by atoms with van der Waals surface area (Å²) in [5.74, 6) is 0.754. The molecule has 2 unspecified atom stereocenters. The summed E-state index contributed by atoms with van der Waals surface area (Å²) in [4.78, 5) is 0. The standard InChI is InChI=1S/C11H21NO.ClH/c13-10-7-4-8-12-11(10)9-5-2-1-3-6-9;/h9-13H,1-8H2;1H. The summed E-state index contributed by atoms with van der Waals surface area (Å²) >= 11 is 0. The van der Waals surface area contributed by atoms with Crippen LogP contribution in [0.1, 0.15) is 44.9 Å². The Bertz CT molecular complexity index is 159. The molecule has 3 heteroatoms. The molecule has 0 amide bonds. The lowest BCUT2D eigenvalue weighted by atomic mass is 9.80. The highest BCUT2D eigenvalue weighted by Crippen LogP contribution is 2.29. The highest BCUT2D eigenvalue weighted by atomic mass is 35.5. The van der Waals surface area contributed by atoms with Gasteiger partial charge in [-0.25, -0.2) is 0 Å². The molecule has 0 aromatic rings. The number of piperidine rings is 1. The van der Waals surface area contributed by atoms with Crippen LogP contribution in [0.3, 0.4) is 0 Å². The Morgan fingerprint density at radius 1 is 0.929 bits per heavy atom. The van der Waals surface area contributed by atoms with E-state index in [1.165, 1.54) is 32.1 Å². The molecule has 2 atom stereocenters. The zero-order chi connectivity index (χ0) is 9.10. The molecule has 2 nitrogen and oxygen atoms in total. The summed E-state index contributed by atoms with van der Waals surface area (Å²) in [6, 6.07) is 0.411. The summed E-state index contributed by atoms with van der Waals surface area (Å²) < 4.78 is 0. The fourth-order valence-electron chi connectivity index (χ4n) is 2.87. The van der Waals surface area contributed by atoms with E-state index in [1.54, 1.807) is 0 Å². The van der Waals surface area contributed by atoms with Gasteiger partial charge in [0.2, 0.25) is 0 Å². The monoisotopic (exact) mass is 219 g/mol. The van der Waals surface area contributed by atoms with Crippen LogP contribution in [0.25, 0.3) is 0 Å². The smallest absolute Gasteiger partial charge is 0.0696 e. The Kier molecular flexibility index (Phi) is 5.21. The van der Waals surface area contributed by atoms with Gasteiger partial charge in [-0.2, -0.15) is 0 Å². The molecular formula is C11H22ClNO. The average molecular weight is 220 g/mol. The second-order valence-corrected chi connectivity index (χ2v) is 4.59. The lowest BCUT2D eigenvalue weighted by Gasteiger charge is -2.37. The van der Waals surface area contributed by atoms with Gasteiger partial charge in [-0.05, 0) is 38.1 Å². The van der Waals surface area contributed by atoms with Gasteiger partial charge in [0.05, 0.1) is 6.10 Å². The average Bonchev–Trinajstić information content (AvgIpc) is 2.20. The minimum atomic E-state index is -0.0724. The molecule has 14 heavy (non-hydrogen) atoms. The Balaban J connectivity index is 0.000000980. The van der Waals surface area contributed by atoms with E-state index in [2.05, 4.69) is 5.32 Å². The van der Waals surface area contributed by atoms with Gasteiger partial charge in [-0.1, -0.05) is 19.3 Å². The minimum Gasteiger partial charge on any atom is -0.391 e. The molecule has 2 fully saturated rings. The maximum atomic E-state index is 9.86. The van der Waals surface area contributed by atoms with Gasteiger partial charge < -0.3 is 10.4 Å². The zero-order valence-corrected chi connectivity index (χ0v) is 9.56. The molecule has 1 saturated carbocycles. The van der Waals surface area contributed by atoms with Crippen LogP contribution in [0.15, 0.2) is 0 Å². The van der Waals surface area contributed by atoms with E-state index < -0.39 is 0 Å². The van der Waals surface area contributed by atoms with Crippen molar-refractivity contribution in [2.45, 2.75) is 57.1 Å². The van der Waals surface area contributed by atoms with Gasteiger partial charge in [0.15, 0.2) is 0 Å². The van der Waals surface area contributed by atoms with E-state index in [9.17, 15) is 5.11 Å². The van der Waals surface area contributed by atoms with Crippen molar-refractivity contribution in [1.29, 1.82) is 0 Å². The highest BCUT2D eigenvalue weighted by molar-refractivity contribution is 5.85. The van der Waals surface area contributed by atoms with Crippen molar-refractivity contribution in [3.63, 3.8) is 0 Å². The molecule has 1 saturated heterocycles. The molecule has 0 spiro atoms. The van der Waals surface area contributed by atoms with Crippen molar-refractivity contribution in [3.8, 4) is 0 Å².